The Balaban J connectivity index is 1.48. The molecule has 0 aliphatic carbocycles. The first-order valence-electron chi connectivity index (χ1n) is 12.1. The van der Waals surface area contributed by atoms with Crippen molar-refractivity contribution in [2.45, 2.75) is 32.4 Å². The molecule has 0 aromatic heterocycles. The number of carbonyl (C=O) groups is 1. The molecule has 0 atom stereocenters. The van der Waals surface area contributed by atoms with Crippen LogP contribution >= 0.6 is 11.6 Å². The van der Waals surface area contributed by atoms with Crippen LogP contribution in [0.15, 0.2) is 66.7 Å². The summed E-state index contributed by atoms with van der Waals surface area (Å²) in [6.07, 6.45) is 2.31. The molecule has 1 fully saturated rings. The average molecular weight is 492 g/mol. The van der Waals surface area contributed by atoms with Crippen molar-refractivity contribution in [2.24, 2.45) is 0 Å². The Morgan fingerprint density at radius 2 is 1.66 bits per heavy atom. The second-order valence-corrected chi connectivity index (χ2v) is 9.94. The van der Waals surface area contributed by atoms with Gasteiger partial charge >= 0.3 is 0 Å². The molecule has 1 aliphatic rings. The highest BCUT2D eigenvalue weighted by molar-refractivity contribution is 6.30. The van der Waals surface area contributed by atoms with Crippen molar-refractivity contribution < 1.29 is 9.53 Å². The second kappa shape index (κ2) is 11.7. The maximum Gasteiger partial charge on any atom is 0.262 e. The first kappa shape index (κ1) is 25.2. The number of aryl methyl sites for hydroxylation is 1. The number of carbonyl (C=O) groups excluding carboxylic acids is 1. The van der Waals surface area contributed by atoms with E-state index in [2.05, 4.69) is 72.5 Å². The van der Waals surface area contributed by atoms with Crippen molar-refractivity contribution in [3.63, 3.8) is 0 Å². The van der Waals surface area contributed by atoms with E-state index in [-0.39, 0.29) is 12.5 Å². The third-order valence-corrected chi connectivity index (χ3v) is 6.87. The second-order valence-electron chi connectivity index (χ2n) is 9.50. The first-order chi connectivity index (χ1) is 16.9. The van der Waals surface area contributed by atoms with Crippen LogP contribution in [0.4, 0.5) is 5.69 Å². The summed E-state index contributed by atoms with van der Waals surface area (Å²) in [5.74, 6) is 0.550. The van der Waals surface area contributed by atoms with Gasteiger partial charge < -0.3 is 15.0 Å². The van der Waals surface area contributed by atoms with Gasteiger partial charge in [0, 0.05) is 28.9 Å². The lowest BCUT2D eigenvalue weighted by molar-refractivity contribution is -0.118. The molecule has 0 saturated carbocycles. The van der Waals surface area contributed by atoms with E-state index in [0.29, 0.717) is 16.8 Å². The van der Waals surface area contributed by atoms with Gasteiger partial charge in [0.25, 0.3) is 5.91 Å². The van der Waals surface area contributed by atoms with Gasteiger partial charge in [-0.2, -0.15) is 0 Å². The number of hydrogen-bond donors (Lipinski definition) is 1. The maximum absolute atomic E-state index is 12.5. The normalized spacial score (nSPS) is 14.8. The molecule has 184 valence electrons. The molecule has 0 radical (unpaired) electrons. The van der Waals surface area contributed by atoms with E-state index in [1.165, 1.54) is 11.1 Å². The van der Waals surface area contributed by atoms with Gasteiger partial charge in [-0.25, -0.2) is 0 Å². The van der Waals surface area contributed by atoms with Crippen molar-refractivity contribution in [2.75, 3.05) is 39.1 Å². The van der Waals surface area contributed by atoms with Crippen LogP contribution in [0.3, 0.4) is 0 Å². The molecular weight excluding hydrogens is 458 g/mol. The van der Waals surface area contributed by atoms with E-state index < -0.39 is 0 Å². The quantitative estimate of drug-likeness (QED) is 0.428. The molecule has 3 aromatic carbocycles. The van der Waals surface area contributed by atoms with E-state index in [1.807, 2.05) is 6.07 Å². The van der Waals surface area contributed by atoms with Crippen LogP contribution in [0, 0.1) is 6.92 Å². The summed E-state index contributed by atoms with van der Waals surface area (Å²) < 4.78 is 6.03. The largest absolute Gasteiger partial charge is 0.483 e. The molecule has 0 spiro atoms. The van der Waals surface area contributed by atoms with Crippen molar-refractivity contribution in [3.05, 3.63) is 82.9 Å². The summed E-state index contributed by atoms with van der Waals surface area (Å²) in [5, 5.41) is 3.49. The number of hydrogen-bond acceptors (Lipinski definition) is 4. The highest BCUT2D eigenvalue weighted by Gasteiger charge is 2.22. The highest BCUT2D eigenvalue weighted by atomic mass is 35.5. The molecule has 1 aliphatic heterocycles. The van der Waals surface area contributed by atoms with Gasteiger partial charge in [-0.1, -0.05) is 47.5 Å². The molecule has 1 saturated heterocycles. The lowest BCUT2D eigenvalue weighted by Crippen LogP contribution is -2.41. The minimum atomic E-state index is -0.201. The number of ether oxygens (including phenoxy) is 1. The number of halogens is 1. The molecule has 35 heavy (non-hydrogen) atoms. The summed E-state index contributed by atoms with van der Waals surface area (Å²) in [6, 6.07) is 22.5. The summed E-state index contributed by atoms with van der Waals surface area (Å²) >= 11 is 5.93. The molecule has 5 nitrogen and oxygen atoms in total. The zero-order valence-corrected chi connectivity index (χ0v) is 21.5. The fraction of sp³-hybridized carbons (Fsp3) is 0.345. The van der Waals surface area contributed by atoms with E-state index in [0.717, 1.165) is 49.4 Å². The number of benzene rings is 3. The standard InChI is InChI=1S/C29H34ClN3O2/c1-21-4-6-22(7-5-21)23-8-13-28(35-20-29(34)31-26-11-9-25(30)10-12-26)24(18-23)19-33-16-14-27(15-17-33)32(2)3/h4-13,18,27H,14-17,19-20H2,1-3H3,(H,31,34). The Morgan fingerprint density at radius 1 is 1.00 bits per heavy atom. The predicted octanol–water partition coefficient (Wildman–Crippen LogP) is 5.86. The van der Waals surface area contributed by atoms with Crippen molar-refractivity contribution >= 4 is 23.2 Å². The molecule has 3 aromatic rings. The summed E-state index contributed by atoms with van der Waals surface area (Å²) in [4.78, 5) is 17.3. The van der Waals surface area contributed by atoms with Crippen molar-refractivity contribution in [1.29, 1.82) is 0 Å². The minimum Gasteiger partial charge on any atom is -0.483 e. The lowest BCUT2D eigenvalue weighted by atomic mass is 9.99. The maximum atomic E-state index is 12.5. The van der Waals surface area contributed by atoms with Gasteiger partial charge in [0.05, 0.1) is 0 Å². The fourth-order valence-corrected chi connectivity index (χ4v) is 4.60. The average Bonchev–Trinajstić information content (AvgIpc) is 2.85. The van der Waals surface area contributed by atoms with Crippen LogP contribution in [-0.2, 0) is 11.3 Å². The Morgan fingerprint density at radius 3 is 2.31 bits per heavy atom. The zero-order chi connectivity index (χ0) is 24.8. The van der Waals surface area contributed by atoms with Gasteiger partial charge in [0.1, 0.15) is 5.75 Å². The van der Waals surface area contributed by atoms with E-state index in [9.17, 15) is 4.79 Å². The summed E-state index contributed by atoms with van der Waals surface area (Å²) in [7, 11) is 4.32. The number of likely N-dealkylation sites (tertiary alicyclic amines) is 1. The van der Waals surface area contributed by atoms with Gasteiger partial charge in [-0.15, -0.1) is 0 Å². The lowest BCUT2D eigenvalue weighted by Gasteiger charge is -2.35. The number of anilines is 1. The molecule has 1 heterocycles. The Hall–Kier alpha value is -2.86. The van der Waals surface area contributed by atoms with Crippen LogP contribution < -0.4 is 10.1 Å². The van der Waals surface area contributed by atoms with Crippen LogP contribution in [0.2, 0.25) is 5.02 Å². The van der Waals surface area contributed by atoms with Gasteiger partial charge in [-0.05, 0) is 94.5 Å². The molecular formula is C29H34ClN3O2. The summed E-state index contributed by atoms with van der Waals surface area (Å²) in [5.41, 5.74) is 5.37. The number of nitrogens with zero attached hydrogens (tertiary/aromatic N) is 2. The first-order valence-corrected chi connectivity index (χ1v) is 12.5. The smallest absolute Gasteiger partial charge is 0.262 e. The van der Waals surface area contributed by atoms with Crippen LogP contribution in [0.25, 0.3) is 11.1 Å². The predicted molar refractivity (Wildman–Crippen MR) is 144 cm³/mol. The Kier molecular flexibility index (Phi) is 8.45. The molecule has 6 heteroatoms. The van der Waals surface area contributed by atoms with Gasteiger partial charge in [0.15, 0.2) is 6.61 Å². The van der Waals surface area contributed by atoms with E-state index in [1.54, 1.807) is 24.3 Å². The summed E-state index contributed by atoms with van der Waals surface area (Å²) in [6.45, 7) is 4.94. The van der Waals surface area contributed by atoms with Crippen molar-refractivity contribution in [1.82, 2.24) is 9.80 Å². The van der Waals surface area contributed by atoms with Crippen LogP contribution in [0.5, 0.6) is 5.75 Å². The van der Waals surface area contributed by atoms with Crippen LogP contribution in [-0.4, -0.2) is 55.5 Å². The number of amides is 1. The van der Waals surface area contributed by atoms with Gasteiger partial charge in [-0.3, -0.25) is 9.69 Å². The third-order valence-electron chi connectivity index (χ3n) is 6.61. The van der Waals surface area contributed by atoms with Crippen LogP contribution in [0.1, 0.15) is 24.0 Å². The third kappa shape index (κ3) is 7.07. The number of nitrogens with one attached hydrogen (secondary N) is 1. The monoisotopic (exact) mass is 491 g/mol. The molecule has 1 amide bonds. The minimum absolute atomic E-state index is 0.0534. The van der Waals surface area contributed by atoms with Gasteiger partial charge in [0.2, 0.25) is 0 Å². The number of rotatable bonds is 8. The molecule has 0 unspecified atom stereocenters. The fourth-order valence-electron chi connectivity index (χ4n) is 4.48. The molecule has 4 rings (SSSR count). The van der Waals surface area contributed by atoms with E-state index in [4.69, 9.17) is 16.3 Å². The van der Waals surface area contributed by atoms with Crippen molar-refractivity contribution in [3.8, 4) is 16.9 Å². The van der Waals surface area contributed by atoms with E-state index >= 15 is 0 Å². The Labute approximate surface area is 213 Å². The zero-order valence-electron chi connectivity index (χ0n) is 20.8. The molecule has 0 bridgehead atoms. The SMILES string of the molecule is Cc1ccc(-c2ccc(OCC(=O)Nc3ccc(Cl)cc3)c(CN3CCC(N(C)C)CC3)c2)cc1. The number of piperidine rings is 1. The molecule has 1 N–H and O–H groups in total. The highest BCUT2D eigenvalue weighted by Crippen LogP contribution is 2.29. The topological polar surface area (TPSA) is 44.8 Å². The Bertz CT molecular complexity index is 1120.